The zero-order valence-corrected chi connectivity index (χ0v) is 13.2. The van der Waals surface area contributed by atoms with Gasteiger partial charge in [-0.25, -0.2) is 0 Å². The molecular weight excluding hydrogens is 264 g/mol. The molecule has 1 unspecified atom stereocenters. The monoisotopic (exact) mass is 290 g/mol. The third-order valence-electron chi connectivity index (χ3n) is 3.59. The Morgan fingerprint density at radius 1 is 1.10 bits per heavy atom. The molecule has 2 aromatic rings. The summed E-state index contributed by atoms with van der Waals surface area (Å²) < 4.78 is 3.97. The molecule has 6 heteroatoms. The third kappa shape index (κ3) is 4.41. The molecule has 2 rings (SSSR count). The van der Waals surface area contributed by atoms with Crippen molar-refractivity contribution in [2.24, 2.45) is 5.73 Å². The molecule has 0 aromatic carbocycles. The van der Waals surface area contributed by atoms with Crippen LogP contribution in [0.5, 0.6) is 0 Å². The smallest absolute Gasteiger partial charge is 0.0534 e. The minimum Gasteiger partial charge on any atom is -0.326 e. The van der Waals surface area contributed by atoms with Crippen LogP contribution < -0.4 is 11.1 Å². The predicted molar refractivity (Wildman–Crippen MR) is 83.8 cm³/mol. The minimum atomic E-state index is 0.371. The summed E-state index contributed by atoms with van der Waals surface area (Å²) in [7, 11) is 0. The third-order valence-corrected chi connectivity index (χ3v) is 3.59. The summed E-state index contributed by atoms with van der Waals surface area (Å²) in [5, 5.41) is 12.1. The molecule has 6 nitrogen and oxygen atoms in total. The molecule has 0 fully saturated rings. The molecule has 0 aliphatic carbocycles. The fourth-order valence-electron chi connectivity index (χ4n) is 2.15. The van der Waals surface area contributed by atoms with Crippen LogP contribution in [0.15, 0.2) is 24.8 Å². The van der Waals surface area contributed by atoms with E-state index in [9.17, 15) is 0 Å². The van der Waals surface area contributed by atoms with Crippen molar-refractivity contribution < 1.29 is 0 Å². The van der Waals surface area contributed by atoms with Crippen LogP contribution in [-0.2, 0) is 13.1 Å². The molecule has 0 aliphatic heterocycles. The van der Waals surface area contributed by atoms with Crippen molar-refractivity contribution in [2.75, 3.05) is 6.54 Å². The maximum Gasteiger partial charge on any atom is 0.0534 e. The van der Waals surface area contributed by atoms with Gasteiger partial charge in [0.05, 0.1) is 18.4 Å². The first-order valence-corrected chi connectivity index (χ1v) is 7.57. The Morgan fingerprint density at radius 3 is 2.38 bits per heavy atom. The molecule has 0 amide bonds. The first kappa shape index (κ1) is 15.7. The minimum absolute atomic E-state index is 0.371. The van der Waals surface area contributed by atoms with Crippen LogP contribution in [0.4, 0.5) is 0 Å². The normalized spacial score (nSPS) is 13.0. The maximum atomic E-state index is 5.60. The van der Waals surface area contributed by atoms with Crippen molar-refractivity contribution >= 4 is 0 Å². The van der Waals surface area contributed by atoms with Crippen LogP contribution >= 0.6 is 0 Å². The largest absolute Gasteiger partial charge is 0.326 e. The zero-order chi connectivity index (χ0) is 15.2. The molecule has 0 spiro atoms. The molecule has 116 valence electrons. The van der Waals surface area contributed by atoms with E-state index in [4.69, 9.17) is 5.73 Å². The first-order valence-electron chi connectivity index (χ1n) is 7.57. The predicted octanol–water partition coefficient (Wildman–Crippen LogP) is 1.86. The van der Waals surface area contributed by atoms with E-state index >= 15 is 0 Å². The summed E-state index contributed by atoms with van der Waals surface area (Å²) in [4.78, 5) is 0. The number of aromatic nitrogens is 4. The van der Waals surface area contributed by atoms with Crippen molar-refractivity contribution in [3.8, 4) is 0 Å². The number of rotatable bonds is 8. The lowest BCUT2D eigenvalue weighted by atomic mass is 10.2. The Bertz CT molecular complexity index is 542. The number of hydrogen-bond donors (Lipinski definition) is 2. The number of hydrogen-bond acceptors (Lipinski definition) is 4. The van der Waals surface area contributed by atoms with Gasteiger partial charge in [-0.1, -0.05) is 0 Å². The van der Waals surface area contributed by atoms with Gasteiger partial charge in [-0.05, 0) is 33.7 Å². The highest BCUT2D eigenvalue weighted by Crippen LogP contribution is 2.10. The highest BCUT2D eigenvalue weighted by molar-refractivity contribution is 5.04. The van der Waals surface area contributed by atoms with E-state index in [1.165, 1.54) is 5.56 Å². The Balaban J connectivity index is 1.71. The van der Waals surface area contributed by atoms with Gasteiger partial charge >= 0.3 is 0 Å². The number of nitrogens with zero attached hydrogens (tertiary/aromatic N) is 4. The van der Waals surface area contributed by atoms with Crippen LogP contribution in [0.25, 0.3) is 0 Å². The summed E-state index contributed by atoms with van der Waals surface area (Å²) in [5.41, 5.74) is 7.90. The van der Waals surface area contributed by atoms with Crippen molar-refractivity contribution in [3.05, 3.63) is 35.9 Å². The van der Waals surface area contributed by atoms with Crippen LogP contribution in [0, 0.1) is 0 Å². The SMILES string of the molecule is CC(C)n1cc(CNCCC(C)n2cc(CN)cn2)cn1. The molecular formula is C15H26N6. The van der Waals surface area contributed by atoms with Gasteiger partial charge in [-0.3, -0.25) is 9.36 Å². The van der Waals surface area contributed by atoms with Crippen molar-refractivity contribution in [1.29, 1.82) is 0 Å². The molecule has 0 radical (unpaired) electrons. The molecule has 1 atom stereocenters. The summed E-state index contributed by atoms with van der Waals surface area (Å²) >= 11 is 0. The molecule has 0 bridgehead atoms. The van der Waals surface area contributed by atoms with Gasteiger partial charge < -0.3 is 11.1 Å². The van der Waals surface area contributed by atoms with E-state index in [1.807, 2.05) is 28.0 Å². The van der Waals surface area contributed by atoms with Gasteiger partial charge in [0.2, 0.25) is 0 Å². The molecule has 0 saturated heterocycles. The number of nitrogens with two attached hydrogens (primary N) is 1. The summed E-state index contributed by atoms with van der Waals surface area (Å²) in [6.07, 6.45) is 8.92. The average molecular weight is 290 g/mol. The highest BCUT2D eigenvalue weighted by Gasteiger charge is 2.06. The Kier molecular flexibility index (Phi) is 5.52. The second-order valence-corrected chi connectivity index (χ2v) is 5.77. The molecule has 21 heavy (non-hydrogen) atoms. The Morgan fingerprint density at radius 2 is 1.76 bits per heavy atom. The van der Waals surface area contributed by atoms with E-state index in [2.05, 4.69) is 42.5 Å². The molecule has 3 N–H and O–H groups in total. The lowest BCUT2D eigenvalue weighted by Gasteiger charge is -2.12. The lowest BCUT2D eigenvalue weighted by Crippen LogP contribution is -2.18. The van der Waals surface area contributed by atoms with E-state index in [1.54, 1.807) is 0 Å². The standard InChI is InChI=1S/C15H26N6/c1-12(2)20-11-15(9-18-20)7-17-5-4-13(3)21-10-14(6-16)8-19-21/h8-13,17H,4-7,16H2,1-3H3. The van der Waals surface area contributed by atoms with Crippen molar-refractivity contribution in [2.45, 2.75) is 52.4 Å². The van der Waals surface area contributed by atoms with Crippen LogP contribution in [-0.4, -0.2) is 26.1 Å². The molecule has 0 aliphatic rings. The summed E-state index contributed by atoms with van der Waals surface area (Å²) in [6.45, 7) is 8.78. The van der Waals surface area contributed by atoms with E-state index in [0.717, 1.165) is 25.1 Å². The van der Waals surface area contributed by atoms with Gasteiger partial charge in [-0.15, -0.1) is 0 Å². The van der Waals surface area contributed by atoms with Gasteiger partial charge in [0, 0.05) is 42.7 Å². The van der Waals surface area contributed by atoms with Crippen molar-refractivity contribution in [1.82, 2.24) is 24.9 Å². The zero-order valence-electron chi connectivity index (χ0n) is 13.2. The van der Waals surface area contributed by atoms with E-state index < -0.39 is 0 Å². The molecule has 0 saturated carbocycles. The van der Waals surface area contributed by atoms with Gasteiger partial charge in [0.15, 0.2) is 0 Å². The van der Waals surface area contributed by atoms with Crippen molar-refractivity contribution in [3.63, 3.8) is 0 Å². The topological polar surface area (TPSA) is 73.7 Å². The van der Waals surface area contributed by atoms with E-state index in [0.29, 0.717) is 18.6 Å². The fraction of sp³-hybridized carbons (Fsp3) is 0.600. The van der Waals surface area contributed by atoms with Crippen LogP contribution in [0.2, 0.25) is 0 Å². The lowest BCUT2D eigenvalue weighted by molar-refractivity contribution is 0.443. The first-order chi connectivity index (χ1) is 10.1. The Labute approximate surface area is 126 Å². The molecule has 2 aromatic heterocycles. The summed E-state index contributed by atoms with van der Waals surface area (Å²) in [5.74, 6) is 0. The second kappa shape index (κ2) is 7.38. The fourth-order valence-corrected chi connectivity index (χ4v) is 2.15. The highest BCUT2D eigenvalue weighted by atomic mass is 15.3. The quantitative estimate of drug-likeness (QED) is 0.728. The maximum absolute atomic E-state index is 5.60. The number of nitrogens with one attached hydrogen (secondary N) is 1. The van der Waals surface area contributed by atoms with Gasteiger partial charge in [0.25, 0.3) is 0 Å². The average Bonchev–Trinajstić information content (AvgIpc) is 3.12. The van der Waals surface area contributed by atoms with E-state index in [-0.39, 0.29) is 0 Å². The van der Waals surface area contributed by atoms with Gasteiger partial charge in [0.1, 0.15) is 0 Å². The van der Waals surface area contributed by atoms with Gasteiger partial charge in [-0.2, -0.15) is 10.2 Å². The summed E-state index contributed by atoms with van der Waals surface area (Å²) in [6, 6.07) is 0.784. The molecule has 2 heterocycles. The van der Waals surface area contributed by atoms with Crippen LogP contribution in [0.3, 0.4) is 0 Å². The van der Waals surface area contributed by atoms with Crippen LogP contribution in [0.1, 0.15) is 50.4 Å². The second-order valence-electron chi connectivity index (χ2n) is 5.77. The Hall–Kier alpha value is -1.66.